The van der Waals surface area contributed by atoms with Gasteiger partial charge in [0.05, 0.1) is 10.9 Å². The second kappa shape index (κ2) is 4.23. The maximum absolute atomic E-state index is 13.0. The lowest BCUT2D eigenvalue weighted by Crippen LogP contribution is -2.33. The van der Waals surface area contributed by atoms with Gasteiger partial charge in [0.2, 0.25) is 10.0 Å². The molecule has 1 fully saturated rings. The highest BCUT2D eigenvalue weighted by Gasteiger charge is 2.38. The number of sulfonamides is 1. The molecular weight excluding hydrogens is 250 g/mol. The zero-order valence-electron chi connectivity index (χ0n) is 8.94. The molecule has 0 aliphatic carbocycles. The van der Waals surface area contributed by atoms with Crippen LogP contribution in [-0.4, -0.2) is 26.8 Å². The largest absolute Gasteiger partial charge is 0.329 e. The van der Waals surface area contributed by atoms with Gasteiger partial charge in [-0.1, -0.05) is 0 Å². The lowest BCUT2D eigenvalue weighted by molar-refractivity contribution is 0.508. The van der Waals surface area contributed by atoms with Crippen molar-refractivity contribution in [2.75, 3.05) is 17.4 Å². The first-order valence-electron chi connectivity index (χ1n) is 5.13. The highest BCUT2D eigenvalue weighted by Crippen LogP contribution is 2.29. The van der Waals surface area contributed by atoms with Crippen molar-refractivity contribution in [1.82, 2.24) is 0 Å². The molecule has 1 aliphatic rings. The lowest BCUT2D eigenvalue weighted by Gasteiger charge is -2.18. The van der Waals surface area contributed by atoms with Crippen LogP contribution in [0, 0.1) is 11.6 Å². The summed E-state index contributed by atoms with van der Waals surface area (Å²) >= 11 is 0. The van der Waals surface area contributed by atoms with Crippen molar-refractivity contribution in [1.29, 1.82) is 0 Å². The first kappa shape index (κ1) is 12.3. The Morgan fingerprint density at radius 3 is 2.59 bits per heavy atom. The lowest BCUT2D eigenvalue weighted by atomic mass is 10.2. The SMILES string of the molecule is NC[C@@H]1CCN(c2ccc(F)c(F)c2)S1(=O)=O. The van der Waals surface area contributed by atoms with Gasteiger partial charge in [-0.15, -0.1) is 0 Å². The molecule has 0 radical (unpaired) electrons. The number of nitrogens with two attached hydrogens (primary N) is 1. The van der Waals surface area contributed by atoms with E-state index in [1.165, 1.54) is 6.07 Å². The summed E-state index contributed by atoms with van der Waals surface area (Å²) < 4.78 is 50.8. The third kappa shape index (κ3) is 2.00. The Balaban J connectivity index is 2.39. The molecule has 0 aromatic heterocycles. The van der Waals surface area contributed by atoms with Gasteiger partial charge in [-0.25, -0.2) is 17.2 Å². The summed E-state index contributed by atoms with van der Waals surface area (Å²) in [7, 11) is -3.54. The molecule has 2 rings (SSSR count). The highest BCUT2D eigenvalue weighted by molar-refractivity contribution is 7.93. The van der Waals surface area contributed by atoms with E-state index >= 15 is 0 Å². The van der Waals surface area contributed by atoms with Crippen LogP contribution in [0.15, 0.2) is 18.2 Å². The van der Waals surface area contributed by atoms with E-state index in [1.807, 2.05) is 0 Å². The Hall–Kier alpha value is -1.21. The Kier molecular flexibility index (Phi) is 3.05. The fourth-order valence-corrected chi connectivity index (χ4v) is 3.65. The normalized spacial score (nSPS) is 23.0. The molecular formula is C10H12F2N2O2S. The average Bonchev–Trinajstić information content (AvgIpc) is 2.57. The van der Waals surface area contributed by atoms with Crippen LogP contribution < -0.4 is 10.0 Å². The number of halogens is 2. The number of benzene rings is 1. The Labute approximate surface area is 98.1 Å². The summed E-state index contributed by atoms with van der Waals surface area (Å²) in [5, 5.41) is -0.643. The van der Waals surface area contributed by atoms with E-state index in [0.717, 1.165) is 16.4 Å². The van der Waals surface area contributed by atoms with Crippen LogP contribution >= 0.6 is 0 Å². The molecule has 1 aromatic carbocycles. The molecule has 0 unspecified atom stereocenters. The van der Waals surface area contributed by atoms with Gasteiger partial charge in [-0.3, -0.25) is 4.31 Å². The van der Waals surface area contributed by atoms with Crippen LogP contribution in [0.1, 0.15) is 6.42 Å². The fourth-order valence-electron chi connectivity index (χ4n) is 1.87. The number of hydrogen-bond acceptors (Lipinski definition) is 3. The summed E-state index contributed by atoms with van der Waals surface area (Å²) in [6, 6.07) is 3.04. The van der Waals surface area contributed by atoms with Gasteiger partial charge in [0.1, 0.15) is 0 Å². The fraction of sp³-hybridized carbons (Fsp3) is 0.400. The van der Waals surface area contributed by atoms with Crippen LogP contribution in [0.2, 0.25) is 0 Å². The smallest absolute Gasteiger partial charge is 0.239 e. The molecule has 0 spiro atoms. The summed E-state index contributed by atoms with van der Waals surface area (Å²) in [5.74, 6) is -2.06. The summed E-state index contributed by atoms with van der Waals surface area (Å²) in [4.78, 5) is 0. The van der Waals surface area contributed by atoms with E-state index in [-0.39, 0.29) is 18.8 Å². The van der Waals surface area contributed by atoms with Crippen molar-refractivity contribution in [3.05, 3.63) is 29.8 Å². The minimum Gasteiger partial charge on any atom is -0.329 e. The van der Waals surface area contributed by atoms with Gasteiger partial charge in [0.15, 0.2) is 11.6 Å². The molecule has 2 N–H and O–H groups in total. The van der Waals surface area contributed by atoms with Crippen molar-refractivity contribution < 1.29 is 17.2 Å². The van der Waals surface area contributed by atoms with Crippen molar-refractivity contribution in [2.45, 2.75) is 11.7 Å². The average molecular weight is 262 g/mol. The van der Waals surface area contributed by atoms with Gasteiger partial charge < -0.3 is 5.73 Å². The molecule has 1 heterocycles. The van der Waals surface area contributed by atoms with Crippen LogP contribution in [-0.2, 0) is 10.0 Å². The summed E-state index contributed by atoms with van der Waals surface area (Å²) in [6.07, 6.45) is 0.401. The number of rotatable bonds is 2. The minimum atomic E-state index is -3.54. The maximum Gasteiger partial charge on any atom is 0.239 e. The second-order valence-corrected chi connectivity index (χ2v) is 6.00. The Morgan fingerprint density at radius 1 is 1.35 bits per heavy atom. The zero-order chi connectivity index (χ0) is 12.6. The van der Waals surface area contributed by atoms with E-state index < -0.39 is 26.9 Å². The van der Waals surface area contributed by atoms with Crippen LogP contribution in [0.5, 0.6) is 0 Å². The van der Waals surface area contributed by atoms with Crippen LogP contribution in [0.25, 0.3) is 0 Å². The molecule has 1 saturated heterocycles. The standard InChI is InChI=1S/C10H12F2N2O2S/c11-9-2-1-7(5-10(9)12)14-4-3-8(6-13)17(14,15)16/h1-2,5,8H,3-4,6,13H2/t8-/m0/s1. The van der Waals surface area contributed by atoms with E-state index in [0.29, 0.717) is 6.42 Å². The van der Waals surface area contributed by atoms with Crippen molar-refractivity contribution in [2.24, 2.45) is 5.73 Å². The third-order valence-corrected chi connectivity index (χ3v) is 5.12. The van der Waals surface area contributed by atoms with Crippen molar-refractivity contribution in [3.8, 4) is 0 Å². The van der Waals surface area contributed by atoms with Crippen molar-refractivity contribution >= 4 is 15.7 Å². The van der Waals surface area contributed by atoms with E-state index in [4.69, 9.17) is 5.73 Å². The maximum atomic E-state index is 13.0. The molecule has 0 saturated carbocycles. The predicted molar refractivity (Wildman–Crippen MR) is 60.1 cm³/mol. The molecule has 7 heteroatoms. The molecule has 0 amide bonds. The summed E-state index contributed by atoms with van der Waals surface area (Å²) in [6.45, 7) is 0.276. The van der Waals surface area contributed by atoms with Gasteiger partial charge in [0, 0.05) is 19.2 Å². The second-order valence-electron chi connectivity index (χ2n) is 3.86. The topological polar surface area (TPSA) is 63.4 Å². The predicted octanol–water partition coefficient (Wildman–Crippen LogP) is 0.832. The van der Waals surface area contributed by atoms with E-state index in [9.17, 15) is 17.2 Å². The zero-order valence-corrected chi connectivity index (χ0v) is 9.75. The molecule has 1 atom stereocenters. The Bertz CT molecular complexity index is 533. The van der Waals surface area contributed by atoms with E-state index in [1.54, 1.807) is 0 Å². The first-order chi connectivity index (χ1) is 7.96. The van der Waals surface area contributed by atoms with Gasteiger partial charge in [0.25, 0.3) is 0 Å². The molecule has 0 bridgehead atoms. The third-order valence-electron chi connectivity index (χ3n) is 2.84. The monoisotopic (exact) mass is 262 g/mol. The number of anilines is 1. The molecule has 17 heavy (non-hydrogen) atoms. The van der Waals surface area contributed by atoms with Crippen molar-refractivity contribution in [3.63, 3.8) is 0 Å². The molecule has 4 nitrogen and oxygen atoms in total. The number of nitrogens with zero attached hydrogens (tertiary/aromatic N) is 1. The van der Waals surface area contributed by atoms with Crippen LogP contribution in [0.4, 0.5) is 14.5 Å². The van der Waals surface area contributed by atoms with Gasteiger partial charge in [-0.05, 0) is 18.6 Å². The summed E-state index contributed by atoms with van der Waals surface area (Å²) in [5.41, 5.74) is 5.50. The Morgan fingerprint density at radius 2 is 2.06 bits per heavy atom. The van der Waals surface area contributed by atoms with E-state index in [2.05, 4.69) is 0 Å². The minimum absolute atomic E-state index is 0.0303. The molecule has 1 aliphatic heterocycles. The molecule has 94 valence electrons. The highest BCUT2D eigenvalue weighted by atomic mass is 32.2. The van der Waals surface area contributed by atoms with Gasteiger partial charge in [-0.2, -0.15) is 0 Å². The van der Waals surface area contributed by atoms with Gasteiger partial charge >= 0.3 is 0 Å². The molecule has 1 aromatic rings. The number of hydrogen-bond donors (Lipinski definition) is 1. The van der Waals surface area contributed by atoms with Crippen LogP contribution in [0.3, 0.4) is 0 Å². The first-order valence-corrected chi connectivity index (χ1v) is 6.64. The quantitative estimate of drug-likeness (QED) is 0.858.